The number of halogens is 2. The van der Waals surface area contributed by atoms with Crippen LogP contribution in [0.5, 0.6) is 5.75 Å². The molecule has 4 aliphatic rings. The van der Waals surface area contributed by atoms with Gasteiger partial charge in [0.15, 0.2) is 5.96 Å². The zero-order chi connectivity index (χ0) is 27.8. The van der Waals surface area contributed by atoms with E-state index in [-0.39, 0.29) is 35.0 Å². The van der Waals surface area contributed by atoms with Crippen LogP contribution in [0, 0.1) is 6.92 Å². The number of nitrogens with two attached hydrogens (primary N) is 1. The van der Waals surface area contributed by atoms with Gasteiger partial charge >= 0.3 is 0 Å². The zero-order valence-electron chi connectivity index (χ0n) is 21.5. The van der Waals surface area contributed by atoms with Gasteiger partial charge < -0.3 is 21.1 Å². The minimum absolute atomic E-state index is 0.0579. The molecular formula is C27H30Cl2N6O3S. The van der Waals surface area contributed by atoms with Gasteiger partial charge in [0.2, 0.25) is 5.91 Å². The molecule has 0 radical (unpaired) electrons. The number of hydrogen-bond acceptors (Lipinski definition) is 8. The number of guanidine groups is 1. The maximum absolute atomic E-state index is 13.1. The number of aliphatic imine (C=N–C) groups is 1. The van der Waals surface area contributed by atoms with E-state index in [1.807, 2.05) is 31.2 Å². The van der Waals surface area contributed by atoms with E-state index in [1.54, 1.807) is 12.1 Å². The molecule has 0 aliphatic carbocycles. The first kappa shape index (κ1) is 28.8. The molecule has 2 aromatic carbocycles. The van der Waals surface area contributed by atoms with Crippen LogP contribution in [0.1, 0.15) is 46.5 Å². The fourth-order valence-electron chi connectivity index (χ4n) is 4.06. The van der Waals surface area contributed by atoms with E-state index in [0.717, 1.165) is 48.4 Å². The maximum Gasteiger partial charge on any atom is 0.261 e. The van der Waals surface area contributed by atoms with E-state index in [9.17, 15) is 9.59 Å². The summed E-state index contributed by atoms with van der Waals surface area (Å²) in [5, 5.41) is 9.10. The van der Waals surface area contributed by atoms with Crippen LogP contribution >= 0.6 is 34.7 Å². The van der Waals surface area contributed by atoms with Crippen LogP contribution in [-0.4, -0.2) is 41.8 Å². The fourth-order valence-corrected chi connectivity index (χ4v) is 5.39. The van der Waals surface area contributed by atoms with Crippen molar-refractivity contribution < 1.29 is 14.3 Å². The fraction of sp³-hybridized carbons (Fsp3) is 0.333. The molecule has 2 amide bonds. The predicted octanol–water partition coefficient (Wildman–Crippen LogP) is 5.15. The van der Waals surface area contributed by atoms with Crippen LogP contribution in [0.25, 0.3) is 11.3 Å². The summed E-state index contributed by atoms with van der Waals surface area (Å²) < 4.78 is 10.4. The van der Waals surface area contributed by atoms with Crippen molar-refractivity contribution in [1.29, 1.82) is 0 Å². The SMILES string of the molecule is Cc1snc2c1C(=O)NC(N)=NCc1cc(Cl)c(c(Cl)c1)NC(=O)CNCCCCCCOc1ccc-2cc1. The highest BCUT2D eigenvalue weighted by Crippen LogP contribution is 2.32. The number of ether oxygens (including phenoxy) is 1. The molecule has 9 nitrogen and oxygen atoms in total. The number of benzene rings is 2. The Labute approximate surface area is 241 Å². The molecule has 5 N–H and O–H groups in total. The number of nitrogens with zero attached hydrogens (tertiary/aromatic N) is 2. The molecule has 3 aromatic rings. The number of hydrogen-bond donors (Lipinski definition) is 4. The van der Waals surface area contributed by atoms with Crippen molar-refractivity contribution in [2.24, 2.45) is 10.7 Å². The van der Waals surface area contributed by atoms with Crippen molar-refractivity contribution >= 4 is 58.2 Å². The molecule has 0 unspecified atom stereocenters. The topological polar surface area (TPSA) is 131 Å². The normalized spacial score (nSPS) is 16.1. The Balaban J connectivity index is 1.55. The van der Waals surface area contributed by atoms with Crippen molar-refractivity contribution in [2.75, 3.05) is 25.0 Å². The van der Waals surface area contributed by atoms with Gasteiger partial charge in [-0.05, 0) is 79.8 Å². The third-order valence-electron chi connectivity index (χ3n) is 6.06. The Morgan fingerprint density at radius 2 is 1.72 bits per heavy atom. The minimum atomic E-state index is -0.401. The molecule has 0 saturated carbocycles. The Bertz CT molecular complexity index is 1340. The highest BCUT2D eigenvalue weighted by atomic mass is 35.5. The number of carbonyl (C=O) groups excluding carboxylic acids is 2. The van der Waals surface area contributed by atoms with Crippen LogP contribution in [0.3, 0.4) is 0 Å². The smallest absolute Gasteiger partial charge is 0.261 e. The van der Waals surface area contributed by atoms with Crippen molar-refractivity contribution in [2.45, 2.75) is 39.2 Å². The van der Waals surface area contributed by atoms with Crippen molar-refractivity contribution in [3.63, 3.8) is 0 Å². The van der Waals surface area contributed by atoms with Gasteiger partial charge in [0.25, 0.3) is 5.91 Å². The summed E-state index contributed by atoms with van der Waals surface area (Å²) in [6.07, 6.45) is 3.92. The summed E-state index contributed by atoms with van der Waals surface area (Å²) in [6.45, 7) is 3.44. The number of anilines is 1. The molecule has 0 atom stereocenters. The number of rotatable bonds is 0. The van der Waals surface area contributed by atoms with E-state index in [2.05, 4.69) is 25.3 Å². The molecule has 206 valence electrons. The highest BCUT2D eigenvalue weighted by Gasteiger charge is 2.20. The second kappa shape index (κ2) is 13.7. The lowest BCUT2D eigenvalue weighted by molar-refractivity contribution is -0.115. The van der Waals surface area contributed by atoms with E-state index in [4.69, 9.17) is 33.7 Å². The molecular weight excluding hydrogens is 559 g/mol. The standard InChI is InChI=1S/C27H30Cl2N6O3S/c1-16-23-24(35-39-16)18-6-8-19(9-7-18)38-11-5-3-2-4-10-31-15-22(36)33-25-20(28)12-17(13-21(25)29)14-32-27(30)34-26(23)37/h6-9,12-13,31H,2-5,10-11,14-15H2,1H3,(H,33,36)(H3,30,32,34,37). The molecule has 5 heterocycles. The first-order valence-corrected chi connectivity index (χ1v) is 14.1. The summed E-state index contributed by atoms with van der Waals surface area (Å²) >= 11 is 14.0. The van der Waals surface area contributed by atoms with Gasteiger partial charge in [0, 0.05) is 10.4 Å². The molecule has 0 spiro atoms. The zero-order valence-corrected chi connectivity index (χ0v) is 23.8. The quantitative estimate of drug-likeness (QED) is 0.287. The number of nitrogens with one attached hydrogen (secondary N) is 3. The lowest BCUT2D eigenvalue weighted by atomic mass is 10.1. The minimum Gasteiger partial charge on any atom is -0.494 e. The Morgan fingerprint density at radius 1 is 1.00 bits per heavy atom. The van der Waals surface area contributed by atoms with E-state index in [0.29, 0.717) is 29.1 Å². The van der Waals surface area contributed by atoms with Crippen LogP contribution in [0.15, 0.2) is 41.4 Å². The van der Waals surface area contributed by atoms with Gasteiger partial charge in [-0.2, -0.15) is 4.37 Å². The third-order valence-corrected chi connectivity index (χ3v) is 7.41. The molecule has 0 fully saturated rings. The average Bonchev–Trinajstić information content (AvgIpc) is 3.30. The van der Waals surface area contributed by atoms with Gasteiger partial charge in [0.05, 0.1) is 46.7 Å². The summed E-state index contributed by atoms with van der Waals surface area (Å²) in [7, 11) is 0. The molecule has 39 heavy (non-hydrogen) atoms. The molecule has 4 bridgehead atoms. The first-order valence-electron chi connectivity index (χ1n) is 12.6. The summed E-state index contributed by atoms with van der Waals surface area (Å²) in [6, 6.07) is 10.8. The van der Waals surface area contributed by atoms with Crippen LogP contribution in [-0.2, 0) is 11.3 Å². The second-order valence-corrected chi connectivity index (χ2v) is 10.9. The maximum atomic E-state index is 13.1. The van der Waals surface area contributed by atoms with Crippen molar-refractivity contribution in [1.82, 2.24) is 15.0 Å². The molecule has 1 aromatic heterocycles. The van der Waals surface area contributed by atoms with Crippen LogP contribution < -0.4 is 26.4 Å². The summed E-state index contributed by atoms with van der Waals surface area (Å²) in [5.41, 5.74) is 8.83. The van der Waals surface area contributed by atoms with Crippen molar-refractivity contribution in [3.05, 3.63) is 62.4 Å². The van der Waals surface area contributed by atoms with Gasteiger partial charge in [-0.1, -0.05) is 36.0 Å². The van der Waals surface area contributed by atoms with Gasteiger partial charge in [-0.25, -0.2) is 4.99 Å². The second-order valence-electron chi connectivity index (χ2n) is 9.06. The monoisotopic (exact) mass is 588 g/mol. The lowest BCUT2D eigenvalue weighted by Crippen LogP contribution is -2.37. The van der Waals surface area contributed by atoms with Gasteiger partial charge in [-0.15, -0.1) is 0 Å². The molecule has 4 aliphatic heterocycles. The number of amides is 2. The predicted molar refractivity (Wildman–Crippen MR) is 157 cm³/mol. The van der Waals surface area contributed by atoms with E-state index < -0.39 is 5.91 Å². The van der Waals surface area contributed by atoms with Crippen LogP contribution in [0.2, 0.25) is 10.0 Å². The highest BCUT2D eigenvalue weighted by molar-refractivity contribution is 7.06. The van der Waals surface area contributed by atoms with Gasteiger partial charge in [-0.3, -0.25) is 14.9 Å². The summed E-state index contributed by atoms with van der Waals surface area (Å²) in [5.74, 6) is 0.0598. The van der Waals surface area contributed by atoms with E-state index >= 15 is 0 Å². The third kappa shape index (κ3) is 7.92. The molecule has 7 rings (SSSR count). The Morgan fingerprint density at radius 3 is 2.46 bits per heavy atom. The average molecular weight is 590 g/mol. The Hall–Kier alpha value is -3.18. The number of aromatic nitrogens is 1. The first-order chi connectivity index (χ1) is 18.8. The molecule has 0 saturated heterocycles. The largest absolute Gasteiger partial charge is 0.494 e. The lowest BCUT2D eigenvalue weighted by Gasteiger charge is -2.12. The Kier molecular flexibility index (Phi) is 10.2. The number of aryl methyl sites for hydroxylation is 1. The number of carbonyl (C=O) groups is 2. The summed E-state index contributed by atoms with van der Waals surface area (Å²) in [4.78, 5) is 30.5. The molecule has 12 heteroatoms. The van der Waals surface area contributed by atoms with Crippen LogP contribution in [0.4, 0.5) is 5.69 Å². The van der Waals surface area contributed by atoms with E-state index in [1.165, 1.54) is 11.5 Å². The van der Waals surface area contributed by atoms with Crippen molar-refractivity contribution in [3.8, 4) is 17.0 Å². The van der Waals surface area contributed by atoms with Gasteiger partial charge in [0.1, 0.15) is 5.75 Å².